The number of anilines is 1. The summed E-state index contributed by atoms with van der Waals surface area (Å²) in [5.41, 5.74) is 7.85. The van der Waals surface area contributed by atoms with Gasteiger partial charge in [-0.25, -0.2) is 15.0 Å². The van der Waals surface area contributed by atoms with Crippen molar-refractivity contribution in [1.82, 2.24) is 24.8 Å². The molecule has 5 rings (SSSR count). The van der Waals surface area contributed by atoms with Crippen LogP contribution in [0.2, 0.25) is 0 Å². The lowest BCUT2D eigenvalue weighted by Gasteiger charge is -2.17. The quantitative estimate of drug-likeness (QED) is 0.244. The van der Waals surface area contributed by atoms with Crippen molar-refractivity contribution < 1.29 is 19.7 Å². The van der Waals surface area contributed by atoms with Crippen molar-refractivity contribution in [2.75, 3.05) is 11.9 Å². The van der Waals surface area contributed by atoms with E-state index in [0.29, 0.717) is 35.9 Å². The third-order valence-corrected chi connectivity index (χ3v) is 6.35. The second-order valence-corrected chi connectivity index (χ2v) is 8.71. The maximum Gasteiger partial charge on any atom is 0.222 e. The van der Waals surface area contributed by atoms with Crippen LogP contribution in [0, 0.1) is 0 Å². The van der Waals surface area contributed by atoms with Gasteiger partial charge >= 0.3 is 0 Å². The van der Waals surface area contributed by atoms with E-state index in [0.717, 1.165) is 16.3 Å². The van der Waals surface area contributed by atoms with Crippen LogP contribution in [0.1, 0.15) is 31.0 Å². The molecule has 11 nitrogen and oxygen atoms in total. The predicted molar refractivity (Wildman–Crippen MR) is 134 cm³/mol. The molecule has 0 spiro atoms. The summed E-state index contributed by atoms with van der Waals surface area (Å²) < 4.78 is 7.44. The van der Waals surface area contributed by atoms with Crippen LogP contribution in [0.15, 0.2) is 48.8 Å². The minimum absolute atomic E-state index is 0.0733. The number of rotatable bonds is 8. The van der Waals surface area contributed by atoms with E-state index in [2.05, 4.69) is 49.9 Å². The smallest absolute Gasteiger partial charge is 0.222 e. The molecule has 0 saturated carbocycles. The molecule has 0 radical (unpaired) electrons. The average molecular weight is 492 g/mol. The number of nitrogens with one attached hydrogen (secondary N) is 2. The molecule has 1 saturated heterocycles. The number of fused-ring (bicyclic) bond motifs is 2. The summed E-state index contributed by atoms with van der Waals surface area (Å²) >= 11 is 0. The number of ether oxygens (including phenoxy) is 1. The van der Waals surface area contributed by atoms with Crippen molar-refractivity contribution in [3.63, 3.8) is 0 Å². The molecule has 4 aromatic rings. The van der Waals surface area contributed by atoms with Crippen molar-refractivity contribution in [2.45, 2.75) is 51.0 Å². The zero-order valence-electron chi connectivity index (χ0n) is 19.8. The Morgan fingerprint density at radius 2 is 1.94 bits per heavy atom. The summed E-state index contributed by atoms with van der Waals surface area (Å²) in [4.78, 5) is 25.5. The van der Waals surface area contributed by atoms with E-state index in [4.69, 9.17) is 10.5 Å². The van der Waals surface area contributed by atoms with E-state index in [9.17, 15) is 15.0 Å². The molecule has 0 aliphatic carbocycles. The van der Waals surface area contributed by atoms with Crippen molar-refractivity contribution in [1.29, 1.82) is 0 Å². The Hall–Kier alpha value is -3.64. The van der Waals surface area contributed by atoms with Crippen LogP contribution in [0.5, 0.6) is 0 Å². The first-order chi connectivity index (χ1) is 17.5. The van der Waals surface area contributed by atoms with Gasteiger partial charge in [0, 0.05) is 13.1 Å². The Labute approximate surface area is 207 Å². The summed E-state index contributed by atoms with van der Waals surface area (Å²) in [5, 5.41) is 29.5. The Bertz CT molecular complexity index is 1390. The SMILES string of the molecule is CCNC(=O)C[C@@H]1O[C@@H](n2cnc3c(NCc4cccc5ccccc45)nc(CN)nc32)[C@H](O)[C@@H]1O. The second-order valence-electron chi connectivity index (χ2n) is 8.71. The highest BCUT2D eigenvalue weighted by Crippen LogP contribution is 2.34. The van der Waals surface area contributed by atoms with Crippen molar-refractivity contribution in [3.05, 3.63) is 60.2 Å². The summed E-state index contributed by atoms with van der Waals surface area (Å²) in [6, 6.07) is 14.3. The third-order valence-electron chi connectivity index (χ3n) is 6.35. The lowest BCUT2D eigenvalue weighted by Crippen LogP contribution is -2.35. The minimum Gasteiger partial charge on any atom is -0.388 e. The molecule has 2 aromatic carbocycles. The first-order valence-electron chi connectivity index (χ1n) is 11.9. The van der Waals surface area contributed by atoms with Gasteiger partial charge in [-0.05, 0) is 23.3 Å². The molecule has 0 unspecified atom stereocenters. The maximum absolute atomic E-state index is 12.0. The number of carbonyl (C=O) groups is 1. The van der Waals surface area contributed by atoms with Gasteiger partial charge in [0.25, 0.3) is 0 Å². The van der Waals surface area contributed by atoms with E-state index in [1.165, 1.54) is 6.33 Å². The summed E-state index contributed by atoms with van der Waals surface area (Å²) in [6.07, 6.45) is -2.95. The van der Waals surface area contributed by atoms with Gasteiger partial charge in [0.2, 0.25) is 5.91 Å². The second kappa shape index (κ2) is 10.2. The van der Waals surface area contributed by atoms with E-state index in [1.54, 1.807) is 11.5 Å². The Balaban J connectivity index is 1.44. The highest BCUT2D eigenvalue weighted by atomic mass is 16.6. The molecule has 11 heteroatoms. The predicted octanol–water partition coefficient (Wildman–Crippen LogP) is 1.20. The number of carbonyl (C=O) groups excluding carboxylic acids is 1. The number of aliphatic hydroxyl groups is 2. The van der Waals surface area contributed by atoms with Crippen LogP contribution >= 0.6 is 0 Å². The van der Waals surface area contributed by atoms with Gasteiger partial charge in [0.1, 0.15) is 18.0 Å². The minimum atomic E-state index is -1.27. The summed E-state index contributed by atoms with van der Waals surface area (Å²) in [6.45, 7) is 2.87. The molecule has 6 N–H and O–H groups in total. The number of nitrogens with zero attached hydrogens (tertiary/aromatic N) is 4. The summed E-state index contributed by atoms with van der Waals surface area (Å²) in [7, 11) is 0. The average Bonchev–Trinajstić information content (AvgIpc) is 3.43. The number of benzene rings is 2. The van der Waals surface area contributed by atoms with Crippen LogP contribution in [0.25, 0.3) is 21.9 Å². The van der Waals surface area contributed by atoms with Gasteiger partial charge in [0.05, 0.1) is 25.4 Å². The number of aromatic nitrogens is 4. The normalized spacial score (nSPS) is 21.8. The van der Waals surface area contributed by atoms with Crippen molar-refractivity contribution >= 4 is 33.7 Å². The first-order valence-corrected chi connectivity index (χ1v) is 11.9. The third kappa shape index (κ3) is 4.49. The van der Waals surface area contributed by atoms with Gasteiger partial charge in [0.15, 0.2) is 23.2 Å². The fraction of sp³-hybridized carbons (Fsp3) is 0.360. The lowest BCUT2D eigenvalue weighted by molar-refractivity contribution is -0.125. The Morgan fingerprint density at radius 3 is 2.75 bits per heavy atom. The highest BCUT2D eigenvalue weighted by Gasteiger charge is 2.45. The molecular weight excluding hydrogens is 462 g/mol. The fourth-order valence-corrected chi connectivity index (χ4v) is 4.57. The van der Waals surface area contributed by atoms with Gasteiger partial charge in [-0.1, -0.05) is 42.5 Å². The fourth-order valence-electron chi connectivity index (χ4n) is 4.57. The molecule has 4 atom stereocenters. The van der Waals surface area contributed by atoms with Crippen LogP contribution in [0.3, 0.4) is 0 Å². The van der Waals surface area contributed by atoms with Crippen LogP contribution in [-0.2, 0) is 22.6 Å². The topological polar surface area (TPSA) is 160 Å². The molecule has 188 valence electrons. The van der Waals surface area contributed by atoms with Gasteiger partial charge in [-0.2, -0.15) is 0 Å². The molecule has 2 aromatic heterocycles. The first kappa shape index (κ1) is 24.1. The summed E-state index contributed by atoms with van der Waals surface area (Å²) in [5.74, 6) is 0.619. The molecule has 0 bridgehead atoms. The number of nitrogens with two attached hydrogens (primary N) is 1. The standard InChI is InChI=1S/C25H29N7O4/c1-2-27-19(33)10-17-21(34)22(35)25(36-17)32-13-29-20-23(30-18(11-26)31-24(20)32)28-12-15-8-5-7-14-6-3-4-9-16(14)15/h3-9,13,17,21-22,25,34-35H,2,10-12,26H2,1H3,(H,27,33)(H,28,30,31)/t17-,21+,22+,25+/m0/s1. The zero-order chi connectivity index (χ0) is 25.2. The number of hydrogen-bond donors (Lipinski definition) is 5. The van der Waals surface area contributed by atoms with Crippen LogP contribution in [-0.4, -0.2) is 60.5 Å². The largest absolute Gasteiger partial charge is 0.388 e. The molecule has 1 aliphatic heterocycles. The van der Waals surface area contributed by atoms with Crippen molar-refractivity contribution in [3.8, 4) is 0 Å². The molecule has 1 amide bonds. The van der Waals surface area contributed by atoms with Crippen molar-refractivity contribution in [2.24, 2.45) is 5.73 Å². The Morgan fingerprint density at radius 1 is 1.14 bits per heavy atom. The zero-order valence-corrected chi connectivity index (χ0v) is 19.8. The molecular formula is C25H29N7O4. The number of hydrogen-bond acceptors (Lipinski definition) is 9. The monoisotopic (exact) mass is 491 g/mol. The molecule has 1 fully saturated rings. The van der Waals surface area contributed by atoms with E-state index < -0.39 is 24.5 Å². The number of amides is 1. The maximum atomic E-state index is 12.0. The number of imidazole rings is 1. The highest BCUT2D eigenvalue weighted by molar-refractivity contribution is 5.87. The molecule has 36 heavy (non-hydrogen) atoms. The lowest BCUT2D eigenvalue weighted by atomic mass is 10.0. The van der Waals surface area contributed by atoms with Crippen LogP contribution < -0.4 is 16.4 Å². The van der Waals surface area contributed by atoms with Gasteiger partial charge < -0.3 is 31.3 Å². The van der Waals surface area contributed by atoms with E-state index >= 15 is 0 Å². The van der Waals surface area contributed by atoms with E-state index in [1.807, 2.05) is 18.2 Å². The van der Waals surface area contributed by atoms with Crippen LogP contribution in [0.4, 0.5) is 5.82 Å². The molecule has 1 aliphatic rings. The van der Waals surface area contributed by atoms with E-state index in [-0.39, 0.29) is 18.9 Å². The Kier molecular flexibility index (Phi) is 6.79. The molecule has 3 heterocycles. The number of aliphatic hydroxyl groups excluding tert-OH is 2. The van der Waals surface area contributed by atoms with Gasteiger partial charge in [-0.3, -0.25) is 9.36 Å². The van der Waals surface area contributed by atoms with Gasteiger partial charge in [-0.15, -0.1) is 0 Å².